The molecule has 0 N–H and O–H groups in total. The summed E-state index contributed by atoms with van der Waals surface area (Å²) in [6.07, 6.45) is 80.5. The lowest BCUT2D eigenvalue weighted by Crippen LogP contribution is -2.44. The number of ether oxygens (including phenoxy) is 4. The van der Waals surface area contributed by atoms with Gasteiger partial charge in [0.05, 0.1) is 40.3 Å². The number of esters is 2. The molecule has 2 atom stereocenters. The number of allylic oxidation sites excluding steroid dienone is 24. The molecule has 9 nitrogen and oxygen atoms in total. The maximum atomic E-state index is 12.9. The lowest BCUT2D eigenvalue weighted by molar-refractivity contribution is -0.870. The molecule has 0 saturated carbocycles. The number of quaternary nitrogens is 1. The number of carbonyl (C=O) groups is 3. The predicted molar refractivity (Wildman–Crippen MR) is 324 cm³/mol. The van der Waals surface area contributed by atoms with Gasteiger partial charge in [0.15, 0.2) is 12.4 Å². The maximum Gasteiger partial charge on any atom is 0.306 e. The van der Waals surface area contributed by atoms with Gasteiger partial charge in [-0.05, 0) is 116 Å². The SMILES string of the molecule is CC/C=C\C/C=C\C/C=C\C/C=C\C/C=C\C/C=C\C/C=C\C/C=C\C/C=C\CCCCCCCCCCCC(=O)OC(COC(=O)CCCCCCC/C=C\C/C=C\C/C=C\CC)COC(OCC[N+](C)(C)C)C(=O)[O-]. The summed E-state index contributed by atoms with van der Waals surface area (Å²) in [7, 11) is 5.90. The van der Waals surface area contributed by atoms with Crippen LogP contribution in [0.5, 0.6) is 0 Å². The Balaban J connectivity index is 4.21. The minimum absolute atomic E-state index is 0.136. The van der Waals surface area contributed by atoms with Crippen molar-refractivity contribution in [2.75, 3.05) is 47.5 Å². The number of nitrogens with zero attached hydrogens (tertiary/aromatic N) is 1. The Kier molecular flexibility index (Phi) is 53.8. The molecule has 0 aromatic rings. The van der Waals surface area contributed by atoms with Gasteiger partial charge >= 0.3 is 11.9 Å². The average molecular weight is 1070 g/mol. The van der Waals surface area contributed by atoms with Gasteiger partial charge in [-0.2, -0.15) is 0 Å². The molecule has 0 radical (unpaired) electrons. The first-order valence-corrected chi connectivity index (χ1v) is 30.0. The van der Waals surface area contributed by atoms with Crippen molar-refractivity contribution >= 4 is 17.9 Å². The maximum absolute atomic E-state index is 12.9. The lowest BCUT2D eigenvalue weighted by atomic mass is 10.1. The van der Waals surface area contributed by atoms with Crippen molar-refractivity contribution in [3.63, 3.8) is 0 Å². The summed E-state index contributed by atoms with van der Waals surface area (Å²) in [5, 5.41) is 11.8. The fraction of sp³-hybridized carbons (Fsp3) is 0.603. The Bertz CT molecular complexity index is 1770. The summed E-state index contributed by atoms with van der Waals surface area (Å²) in [5.41, 5.74) is 0. The van der Waals surface area contributed by atoms with Crippen LogP contribution in [0.2, 0.25) is 0 Å². The van der Waals surface area contributed by atoms with Gasteiger partial charge in [-0.15, -0.1) is 0 Å². The molecule has 0 heterocycles. The molecule has 0 aliphatic carbocycles. The minimum atomic E-state index is -1.64. The van der Waals surface area contributed by atoms with Crippen LogP contribution in [0, 0.1) is 0 Å². The fourth-order valence-electron chi connectivity index (χ4n) is 7.54. The first-order valence-electron chi connectivity index (χ1n) is 30.0. The van der Waals surface area contributed by atoms with Gasteiger partial charge in [-0.25, -0.2) is 0 Å². The van der Waals surface area contributed by atoms with Crippen LogP contribution in [0.4, 0.5) is 0 Å². The highest BCUT2D eigenvalue weighted by Crippen LogP contribution is 2.14. The van der Waals surface area contributed by atoms with Crippen LogP contribution in [-0.4, -0.2) is 82.3 Å². The normalized spacial score (nSPS) is 13.8. The quantitative estimate of drug-likeness (QED) is 0.0195. The Labute approximate surface area is 471 Å². The number of aliphatic carboxylic acids is 1. The molecule has 2 unspecified atom stereocenters. The molecule has 0 aromatic heterocycles. The molecule has 434 valence electrons. The number of hydrogen-bond acceptors (Lipinski definition) is 8. The van der Waals surface area contributed by atoms with E-state index < -0.39 is 24.3 Å². The van der Waals surface area contributed by atoms with Crippen molar-refractivity contribution in [3.8, 4) is 0 Å². The molecule has 77 heavy (non-hydrogen) atoms. The van der Waals surface area contributed by atoms with Gasteiger partial charge in [0.1, 0.15) is 13.2 Å². The van der Waals surface area contributed by atoms with Crippen LogP contribution in [0.25, 0.3) is 0 Å². The van der Waals surface area contributed by atoms with E-state index in [-0.39, 0.29) is 38.6 Å². The van der Waals surface area contributed by atoms with Gasteiger partial charge in [-0.3, -0.25) is 9.59 Å². The summed E-state index contributed by atoms with van der Waals surface area (Å²) in [5.74, 6) is -2.33. The van der Waals surface area contributed by atoms with E-state index in [2.05, 4.69) is 160 Å². The summed E-state index contributed by atoms with van der Waals surface area (Å²) >= 11 is 0. The molecule has 0 bridgehead atoms. The third-order valence-corrected chi connectivity index (χ3v) is 12.1. The van der Waals surface area contributed by atoms with Crippen LogP contribution in [0.15, 0.2) is 146 Å². The van der Waals surface area contributed by atoms with Gasteiger partial charge in [0, 0.05) is 12.8 Å². The monoisotopic (exact) mass is 1070 g/mol. The van der Waals surface area contributed by atoms with Crippen LogP contribution in [0.3, 0.4) is 0 Å². The smallest absolute Gasteiger partial charge is 0.306 e. The fourth-order valence-corrected chi connectivity index (χ4v) is 7.54. The summed E-state index contributed by atoms with van der Waals surface area (Å²) in [6, 6.07) is 0. The molecule has 0 amide bonds. The lowest BCUT2D eigenvalue weighted by Gasteiger charge is -2.26. The Morgan fingerprint density at radius 2 is 0.701 bits per heavy atom. The van der Waals surface area contributed by atoms with Crippen LogP contribution in [-0.2, 0) is 33.3 Å². The highest BCUT2D eigenvalue weighted by atomic mass is 16.7. The first kappa shape index (κ1) is 72.2. The van der Waals surface area contributed by atoms with E-state index in [1.54, 1.807) is 0 Å². The number of carboxylic acid groups (broad SMARTS) is 1. The summed E-state index contributed by atoms with van der Waals surface area (Å²) < 4.78 is 22.6. The number of rotatable bonds is 53. The number of carbonyl (C=O) groups excluding carboxylic acids is 3. The van der Waals surface area contributed by atoms with Crippen molar-refractivity contribution in [2.24, 2.45) is 0 Å². The zero-order valence-electron chi connectivity index (χ0n) is 49.3. The second-order valence-corrected chi connectivity index (χ2v) is 20.5. The van der Waals surface area contributed by atoms with Crippen molar-refractivity contribution < 1.29 is 42.9 Å². The van der Waals surface area contributed by atoms with Crippen LogP contribution >= 0.6 is 0 Å². The van der Waals surface area contributed by atoms with Gasteiger partial charge < -0.3 is 33.3 Å². The van der Waals surface area contributed by atoms with Gasteiger partial charge in [-0.1, -0.05) is 224 Å². The predicted octanol–water partition coefficient (Wildman–Crippen LogP) is 16.7. The van der Waals surface area contributed by atoms with Crippen LogP contribution < -0.4 is 5.11 Å². The zero-order valence-corrected chi connectivity index (χ0v) is 49.3. The number of hydrogen-bond donors (Lipinski definition) is 0. The van der Waals surface area contributed by atoms with Crippen molar-refractivity contribution in [3.05, 3.63) is 146 Å². The molecule has 0 saturated heterocycles. The third-order valence-electron chi connectivity index (χ3n) is 12.1. The molecule has 0 aromatic carbocycles. The highest BCUT2D eigenvalue weighted by Gasteiger charge is 2.22. The number of unbranched alkanes of at least 4 members (excludes halogenated alkanes) is 14. The molecular formula is C68H109NO8. The van der Waals surface area contributed by atoms with E-state index in [0.29, 0.717) is 23.9 Å². The average Bonchev–Trinajstić information content (AvgIpc) is 3.40. The van der Waals surface area contributed by atoms with E-state index in [9.17, 15) is 19.5 Å². The molecule has 9 heteroatoms. The van der Waals surface area contributed by atoms with Gasteiger partial charge in [0.25, 0.3) is 0 Å². The molecule has 0 aliphatic rings. The molecule has 0 spiro atoms. The number of carboxylic acids is 1. The standard InChI is InChI=1S/C68H109NO8/c1-6-8-10-12-14-16-18-20-22-23-24-25-26-27-28-29-30-31-32-33-34-35-36-37-38-39-40-41-42-43-45-47-49-51-53-55-57-59-66(71)77-64(63-76-68(67(72)73)74-61-60-69(3,4)5)62-75-65(70)58-56-54-52-50-48-46-44-21-19-17-15-13-11-9-7-2/h8-11,14-17,20-22,24-25,27-28,30-31,33-34,36-37,39-40,44,64,68H,6-7,12-13,18-19,23,26,29,32,35,38,41-43,45-63H2,1-5H3/b10-8-,11-9-,16-14-,17-15-,22-20-,25-24-,28-27-,31-30-,34-33-,37-36-,40-39-,44-21-. The molecular weight excluding hydrogens is 959 g/mol. The molecule has 0 fully saturated rings. The highest BCUT2D eigenvalue weighted by molar-refractivity contribution is 5.70. The Hall–Kier alpha value is -4.83. The Morgan fingerprint density at radius 1 is 0.390 bits per heavy atom. The van der Waals surface area contributed by atoms with Crippen LogP contribution in [0.1, 0.15) is 206 Å². The van der Waals surface area contributed by atoms with Gasteiger partial charge in [0.2, 0.25) is 0 Å². The minimum Gasteiger partial charge on any atom is -0.545 e. The van der Waals surface area contributed by atoms with E-state index in [0.717, 1.165) is 135 Å². The topological polar surface area (TPSA) is 111 Å². The molecule has 0 rings (SSSR count). The van der Waals surface area contributed by atoms with E-state index >= 15 is 0 Å². The third kappa shape index (κ3) is 58.7. The second kappa shape index (κ2) is 57.3. The van der Waals surface area contributed by atoms with Crippen molar-refractivity contribution in [1.29, 1.82) is 0 Å². The molecule has 0 aliphatic heterocycles. The zero-order chi connectivity index (χ0) is 56.2. The number of likely N-dealkylation sites (N-methyl/N-ethyl adjacent to an activating group) is 1. The van der Waals surface area contributed by atoms with E-state index in [1.807, 2.05) is 21.1 Å². The summed E-state index contributed by atoms with van der Waals surface area (Å²) in [4.78, 5) is 37.3. The van der Waals surface area contributed by atoms with E-state index in [1.165, 1.54) is 32.1 Å². The first-order chi connectivity index (χ1) is 37.6. The second-order valence-electron chi connectivity index (χ2n) is 20.5. The van der Waals surface area contributed by atoms with Crippen molar-refractivity contribution in [1.82, 2.24) is 0 Å². The summed E-state index contributed by atoms with van der Waals surface area (Å²) in [6.45, 7) is 4.47. The van der Waals surface area contributed by atoms with Crippen molar-refractivity contribution in [2.45, 2.75) is 219 Å². The largest absolute Gasteiger partial charge is 0.545 e. The van der Waals surface area contributed by atoms with E-state index in [4.69, 9.17) is 18.9 Å². The Morgan fingerprint density at radius 3 is 1.04 bits per heavy atom.